The van der Waals surface area contributed by atoms with Crippen molar-refractivity contribution in [2.45, 2.75) is 12.5 Å². The minimum absolute atomic E-state index is 0.0605. The lowest BCUT2D eigenvalue weighted by Crippen LogP contribution is -2.48. The first kappa shape index (κ1) is 17.7. The predicted octanol–water partition coefficient (Wildman–Crippen LogP) is -1.59. The first-order valence-electron chi connectivity index (χ1n) is 7.86. The highest BCUT2D eigenvalue weighted by Crippen LogP contribution is 2.23. The Labute approximate surface area is 145 Å². The lowest BCUT2D eigenvalue weighted by molar-refractivity contribution is -0.120. The van der Waals surface area contributed by atoms with E-state index >= 15 is 0 Å². The Hall–Kier alpha value is -2.11. The Bertz CT molecular complexity index is 781. The van der Waals surface area contributed by atoms with Crippen LogP contribution >= 0.6 is 0 Å². The van der Waals surface area contributed by atoms with Crippen molar-refractivity contribution < 1.29 is 18.0 Å². The van der Waals surface area contributed by atoms with Crippen LogP contribution in [0.3, 0.4) is 0 Å². The second-order valence-electron chi connectivity index (χ2n) is 6.04. The standard InChI is InChI=1S/C14H20N6O4S/c1-18(25(2,23)24)11-3-5-20(13(11)22)14-16-7-10(8-17-14)19-6-4-15-9-12(19)21/h7-8,11,15H,3-6,9H2,1-2H3. The maximum atomic E-state index is 12.5. The first-order valence-corrected chi connectivity index (χ1v) is 9.71. The third kappa shape index (κ3) is 3.48. The molecule has 2 aliphatic rings. The molecular formula is C14H20N6O4S. The van der Waals surface area contributed by atoms with Gasteiger partial charge < -0.3 is 10.2 Å². The van der Waals surface area contributed by atoms with Gasteiger partial charge in [-0.25, -0.2) is 18.4 Å². The van der Waals surface area contributed by atoms with Crippen molar-refractivity contribution in [3.8, 4) is 0 Å². The minimum atomic E-state index is -3.46. The number of likely N-dealkylation sites (N-methyl/N-ethyl adjacent to an activating group) is 1. The zero-order chi connectivity index (χ0) is 18.2. The minimum Gasteiger partial charge on any atom is -0.307 e. The summed E-state index contributed by atoms with van der Waals surface area (Å²) in [6.07, 6.45) is 4.46. The quantitative estimate of drug-likeness (QED) is 0.681. The van der Waals surface area contributed by atoms with Gasteiger partial charge in [0.1, 0.15) is 6.04 Å². The van der Waals surface area contributed by atoms with Gasteiger partial charge in [0, 0.05) is 26.7 Å². The first-order chi connectivity index (χ1) is 11.8. The molecule has 1 N–H and O–H groups in total. The van der Waals surface area contributed by atoms with Gasteiger partial charge in [0.15, 0.2) is 0 Å². The SMILES string of the molecule is CN(C1CCN(c2ncc(N3CCNCC3=O)cn2)C1=O)S(C)(=O)=O. The van der Waals surface area contributed by atoms with Crippen molar-refractivity contribution in [3.63, 3.8) is 0 Å². The highest BCUT2D eigenvalue weighted by atomic mass is 32.2. The van der Waals surface area contributed by atoms with Gasteiger partial charge in [0.05, 0.1) is 30.9 Å². The van der Waals surface area contributed by atoms with Gasteiger partial charge in [-0.15, -0.1) is 0 Å². The second kappa shape index (κ2) is 6.65. The van der Waals surface area contributed by atoms with Crippen molar-refractivity contribution in [1.82, 2.24) is 19.6 Å². The lowest BCUT2D eigenvalue weighted by atomic mass is 10.2. The summed E-state index contributed by atoms with van der Waals surface area (Å²) in [5, 5.41) is 2.99. The number of hydrogen-bond donors (Lipinski definition) is 1. The number of carbonyl (C=O) groups is 2. The summed E-state index contributed by atoms with van der Waals surface area (Å²) in [5.74, 6) is -0.200. The molecule has 0 aliphatic carbocycles. The smallest absolute Gasteiger partial charge is 0.247 e. The van der Waals surface area contributed by atoms with E-state index in [-0.39, 0.29) is 24.3 Å². The van der Waals surface area contributed by atoms with E-state index in [0.29, 0.717) is 31.7 Å². The molecule has 2 saturated heterocycles. The normalized spacial score (nSPS) is 22.1. The molecule has 11 heteroatoms. The number of nitrogens with one attached hydrogen (secondary N) is 1. The van der Waals surface area contributed by atoms with Crippen molar-refractivity contribution in [2.75, 3.05) is 49.3 Å². The van der Waals surface area contributed by atoms with Crippen LogP contribution in [-0.2, 0) is 19.6 Å². The molecule has 25 heavy (non-hydrogen) atoms. The molecule has 3 heterocycles. The van der Waals surface area contributed by atoms with Gasteiger partial charge in [0.25, 0.3) is 0 Å². The number of nitrogens with zero attached hydrogens (tertiary/aromatic N) is 5. The number of rotatable bonds is 4. The largest absolute Gasteiger partial charge is 0.307 e. The number of amides is 2. The lowest BCUT2D eigenvalue weighted by Gasteiger charge is -2.27. The molecule has 3 rings (SSSR count). The molecule has 0 spiro atoms. The van der Waals surface area contributed by atoms with Crippen molar-refractivity contribution in [2.24, 2.45) is 0 Å². The van der Waals surface area contributed by atoms with E-state index in [2.05, 4.69) is 15.3 Å². The van der Waals surface area contributed by atoms with Gasteiger partial charge in [-0.05, 0) is 6.42 Å². The van der Waals surface area contributed by atoms with Crippen LogP contribution < -0.4 is 15.1 Å². The van der Waals surface area contributed by atoms with E-state index in [9.17, 15) is 18.0 Å². The Morgan fingerprint density at radius 1 is 1.20 bits per heavy atom. The number of sulfonamides is 1. The third-order valence-corrected chi connectivity index (χ3v) is 5.71. The second-order valence-corrected chi connectivity index (χ2v) is 8.08. The molecule has 1 unspecified atom stereocenters. The van der Waals surface area contributed by atoms with E-state index in [1.807, 2.05) is 0 Å². The van der Waals surface area contributed by atoms with Gasteiger partial charge in [-0.3, -0.25) is 14.5 Å². The van der Waals surface area contributed by atoms with E-state index in [1.165, 1.54) is 24.3 Å². The van der Waals surface area contributed by atoms with Crippen LogP contribution in [0.15, 0.2) is 12.4 Å². The summed E-state index contributed by atoms with van der Waals surface area (Å²) >= 11 is 0. The number of anilines is 2. The van der Waals surface area contributed by atoms with Crippen LogP contribution in [0.2, 0.25) is 0 Å². The maximum absolute atomic E-state index is 12.5. The number of piperazine rings is 1. The molecule has 0 bridgehead atoms. The van der Waals surface area contributed by atoms with Crippen molar-refractivity contribution in [3.05, 3.63) is 12.4 Å². The molecule has 136 valence electrons. The molecule has 1 aromatic heterocycles. The molecule has 0 radical (unpaired) electrons. The summed E-state index contributed by atoms with van der Waals surface area (Å²) < 4.78 is 24.4. The van der Waals surface area contributed by atoms with E-state index in [0.717, 1.165) is 10.6 Å². The third-order valence-electron chi connectivity index (χ3n) is 4.41. The molecular weight excluding hydrogens is 348 g/mol. The number of hydrogen-bond acceptors (Lipinski definition) is 7. The van der Waals surface area contributed by atoms with Crippen LogP contribution in [0.25, 0.3) is 0 Å². The zero-order valence-corrected chi connectivity index (χ0v) is 14.9. The van der Waals surface area contributed by atoms with Gasteiger partial charge in [0.2, 0.25) is 27.8 Å². The van der Waals surface area contributed by atoms with E-state index in [4.69, 9.17) is 0 Å². The fourth-order valence-electron chi connectivity index (χ4n) is 2.90. The van der Waals surface area contributed by atoms with E-state index in [1.54, 1.807) is 4.90 Å². The summed E-state index contributed by atoms with van der Waals surface area (Å²) in [4.78, 5) is 35.7. The highest BCUT2D eigenvalue weighted by Gasteiger charge is 2.39. The molecule has 2 fully saturated rings. The Balaban J connectivity index is 1.75. The zero-order valence-electron chi connectivity index (χ0n) is 14.0. The monoisotopic (exact) mass is 368 g/mol. The maximum Gasteiger partial charge on any atom is 0.247 e. The van der Waals surface area contributed by atoms with Crippen molar-refractivity contribution in [1.29, 1.82) is 0 Å². The van der Waals surface area contributed by atoms with Crippen LogP contribution in [0.5, 0.6) is 0 Å². The molecule has 1 aromatic rings. The number of carbonyl (C=O) groups excluding carboxylic acids is 2. The average molecular weight is 368 g/mol. The fraction of sp³-hybridized carbons (Fsp3) is 0.571. The molecule has 0 saturated carbocycles. The molecule has 10 nitrogen and oxygen atoms in total. The number of aromatic nitrogens is 2. The Morgan fingerprint density at radius 3 is 2.48 bits per heavy atom. The van der Waals surface area contributed by atoms with Gasteiger partial charge >= 0.3 is 0 Å². The Morgan fingerprint density at radius 2 is 1.88 bits per heavy atom. The molecule has 0 aromatic carbocycles. The summed E-state index contributed by atoms with van der Waals surface area (Å²) in [6, 6.07) is -0.743. The van der Waals surface area contributed by atoms with Gasteiger partial charge in [-0.1, -0.05) is 0 Å². The highest BCUT2D eigenvalue weighted by molar-refractivity contribution is 7.88. The fourth-order valence-corrected chi connectivity index (χ4v) is 3.56. The van der Waals surface area contributed by atoms with Crippen LogP contribution in [-0.4, -0.2) is 80.0 Å². The van der Waals surface area contributed by atoms with E-state index < -0.39 is 16.1 Å². The topological polar surface area (TPSA) is 116 Å². The predicted molar refractivity (Wildman–Crippen MR) is 90.6 cm³/mol. The summed E-state index contributed by atoms with van der Waals surface area (Å²) in [6.45, 7) is 1.84. The molecule has 2 amide bonds. The summed E-state index contributed by atoms with van der Waals surface area (Å²) in [5.41, 5.74) is 0.576. The molecule has 1 atom stereocenters. The van der Waals surface area contributed by atoms with Crippen molar-refractivity contribution >= 4 is 33.5 Å². The summed E-state index contributed by atoms with van der Waals surface area (Å²) in [7, 11) is -2.07. The molecule has 2 aliphatic heterocycles. The Kier molecular flexibility index (Phi) is 4.71. The average Bonchev–Trinajstić information content (AvgIpc) is 2.95. The van der Waals surface area contributed by atoms with Crippen LogP contribution in [0.4, 0.5) is 11.6 Å². The van der Waals surface area contributed by atoms with Gasteiger partial charge in [-0.2, -0.15) is 4.31 Å². The van der Waals surface area contributed by atoms with Crippen LogP contribution in [0, 0.1) is 0 Å². The van der Waals surface area contributed by atoms with Crippen LogP contribution in [0.1, 0.15) is 6.42 Å².